The van der Waals surface area contributed by atoms with Gasteiger partial charge in [-0.15, -0.1) is 12.4 Å². The number of esters is 1. The number of halogens is 1. The molecule has 118 valence electrons. The van der Waals surface area contributed by atoms with E-state index in [1.54, 1.807) is 14.0 Å². The Bertz CT molecular complexity index is 301. The highest BCUT2D eigenvalue weighted by Gasteiger charge is 2.39. The second-order valence-corrected chi connectivity index (χ2v) is 4.77. The van der Waals surface area contributed by atoms with Crippen molar-refractivity contribution in [3.8, 4) is 0 Å². The third-order valence-electron chi connectivity index (χ3n) is 3.38. The van der Waals surface area contributed by atoms with E-state index in [9.17, 15) is 9.59 Å². The van der Waals surface area contributed by atoms with Crippen molar-refractivity contribution >= 4 is 24.3 Å². The molecule has 0 unspecified atom stereocenters. The second kappa shape index (κ2) is 9.96. The quantitative estimate of drug-likeness (QED) is 0.670. The van der Waals surface area contributed by atoms with Gasteiger partial charge in [0.25, 0.3) is 0 Å². The standard InChI is InChI=1S/C13H24N2O4.ClH/c1-3-19-11(16)4-7-15-12(17)13(10-18-2)5-8-14-9-6-13;/h14H,3-10H2,1-2H3,(H,15,17);1H. The summed E-state index contributed by atoms with van der Waals surface area (Å²) in [5, 5.41) is 6.05. The van der Waals surface area contributed by atoms with E-state index in [1.165, 1.54) is 0 Å². The molecule has 20 heavy (non-hydrogen) atoms. The predicted octanol–water partition coefficient (Wildman–Crippen LogP) is 0.494. The average molecular weight is 309 g/mol. The normalized spacial score (nSPS) is 16.9. The van der Waals surface area contributed by atoms with E-state index in [2.05, 4.69) is 10.6 Å². The minimum Gasteiger partial charge on any atom is -0.466 e. The summed E-state index contributed by atoms with van der Waals surface area (Å²) < 4.78 is 10.0. The minimum atomic E-state index is -0.464. The van der Waals surface area contributed by atoms with Crippen LogP contribution in [0.2, 0.25) is 0 Å². The van der Waals surface area contributed by atoms with Crippen LogP contribution in [0.1, 0.15) is 26.2 Å². The van der Waals surface area contributed by atoms with Gasteiger partial charge in [0, 0.05) is 13.7 Å². The predicted molar refractivity (Wildman–Crippen MR) is 77.9 cm³/mol. The van der Waals surface area contributed by atoms with E-state index in [4.69, 9.17) is 9.47 Å². The molecule has 0 spiro atoms. The lowest BCUT2D eigenvalue weighted by molar-refractivity contribution is -0.143. The Morgan fingerprint density at radius 3 is 2.50 bits per heavy atom. The summed E-state index contributed by atoms with van der Waals surface area (Å²) in [6.45, 7) is 4.49. The molecule has 0 radical (unpaired) electrons. The number of rotatable bonds is 7. The monoisotopic (exact) mass is 308 g/mol. The Morgan fingerprint density at radius 1 is 1.30 bits per heavy atom. The number of hydrogen-bond acceptors (Lipinski definition) is 5. The fraction of sp³-hybridized carbons (Fsp3) is 0.846. The number of amides is 1. The Hall–Kier alpha value is -0.850. The molecule has 0 saturated carbocycles. The molecule has 1 heterocycles. The van der Waals surface area contributed by atoms with Crippen LogP contribution in [0, 0.1) is 5.41 Å². The first-order valence-electron chi connectivity index (χ1n) is 6.78. The lowest BCUT2D eigenvalue weighted by Crippen LogP contribution is -2.50. The molecule has 1 aliphatic heterocycles. The van der Waals surface area contributed by atoms with Gasteiger partial charge in [0.05, 0.1) is 25.0 Å². The van der Waals surface area contributed by atoms with Crippen LogP contribution in [0.15, 0.2) is 0 Å². The molecule has 1 aliphatic rings. The number of piperidine rings is 1. The highest BCUT2D eigenvalue weighted by molar-refractivity contribution is 5.85. The molecular formula is C13H25ClN2O4. The van der Waals surface area contributed by atoms with Gasteiger partial charge in [-0.2, -0.15) is 0 Å². The van der Waals surface area contributed by atoms with Crippen molar-refractivity contribution in [3.63, 3.8) is 0 Å². The third-order valence-corrected chi connectivity index (χ3v) is 3.38. The molecule has 6 nitrogen and oxygen atoms in total. The van der Waals surface area contributed by atoms with Crippen LogP contribution in [0.5, 0.6) is 0 Å². The molecule has 0 aromatic rings. The van der Waals surface area contributed by atoms with Gasteiger partial charge in [-0.05, 0) is 32.9 Å². The maximum atomic E-state index is 12.3. The summed E-state index contributed by atoms with van der Waals surface area (Å²) in [7, 11) is 1.61. The van der Waals surface area contributed by atoms with E-state index in [0.717, 1.165) is 25.9 Å². The zero-order chi connectivity index (χ0) is 14.1. The topological polar surface area (TPSA) is 76.7 Å². The average Bonchev–Trinajstić information content (AvgIpc) is 2.40. The second-order valence-electron chi connectivity index (χ2n) is 4.77. The fourth-order valence-corrected chi connectivity index (χ4v) is 2.32. The van der Waals surface area contributed by atoms with Crippen molar-refractivity contribution in [3.05, 3.63) is 0 Å². The molecule has 1 amide bonds. The van der Waals surface area contributed by atoms with Gasteiger partial charge in [-0.3, -0.25) is 9.59 Å². The van der Waals surface area contributed by atoms with Gasteiger partial charge in [-0.25, -0.2) is 0 Å². The number of ether oxygens (including phenoxy) is 2. The fourth-order valence-electron chi connectivity index (χ4n) is 2.32. The van der Waals surface area contributed by atoms with Crippen LogP contribution in [0.4, 0.5) is 0 Å². The van der Waals surface area contributed by atoms with Crippen molar-refractivity contribution in [2.24, 2.45) is 5.41 Å². The Morgan fingerprint density at radius 2 is 1.95 bits per heavy atom. The van der Waals surface area contributed by atoms with Crippen molar-refractivity contribution in [2.45, 2.75) is 26.2 Å². The van der Waals surface area contributed by atoms with E-state index in [0.29, 0.717) is 19.8 Å². The van der Waals surface area contributed by atoms with E-state index < -0.39 is 5.41 Å². The lowest BCUT2D eigenvalue weighted by Gasteiger charge is -2.35. The van der Waals surface area contributed by atoms with E-state index in [-0.39, 0.29) is 30.7 Å². The van der Waals surface area contributed by atoms with Crippen molar-refractivity contribution < 1.29 is 19.1 Å². The Labute approximate surface area is 126 Å². The Kier molecular flexibility index (Phi) is 9.54. The molecule has 1 fully saturated rings. The van der Waals surface area contributed by atoms with Crippen LogP contribution >= 0.6 is 12.4 Å². The largest absolute Gasteiger partial charge is 0.466 e. The molecule has 0 aromatic carbocycles. The highest BCUT2D eigenvalue weighted by atomic mass is 35.5. The first-order valence-corrected chi connectivity index (χ1v) is 6.78. The summed E-state index contributed by atoms with van der Waals surface area (Å²) in [4.78, 5) is 23.5. The van der Waals surface area contributed by atoms with Crippen LogP contribution in [0.3, 0.4) is 0 Å². The molecule has 2 N–H and O–H groups in total. The van der Waals surface area contributed by atoms with Crippen molar-refractivity contribution in [1.29, 1.82) is 0 Å². The molecule has 0 atom stereocenters. The van der Waals surface area contributed by atoms with Gasteiger partial charge in [0.1, 0.15) is 0 Å². The maximum Gasteiger partial charge on any atom is 0.307 e. The van der Waals surface area contributed by atoms with Crippen LogP contribution in [0.25, 0.3) is 0 Å². The Balaban J connectivity index is 0.00000361. The first kappa shape index (κ1) is 19.1. The molecule has 1 saturated heterocycles. The van der Waals surface area contributed by atoms with Crippen molar-refractivity contribution in [1.82, 2.24) is 10.6 Å². The number of methoxy groups -OCH3 is 1. The summed E-state index contributed by atoms with van der Waals surface area (Å²) in [6, 6.07) is 0. The molecule has 0 bridgehead atoms. The van der Waals surface area contributed by atoms with Gasteiger partial charge >= 0.3 is 5.97 Å². The number of carbonyl (C=O) groups excluding carboxylic acids is 2. The van der Waals surface area contributed by atoms with Crippen LogP contribution in [-0.4, -0.2) is 51.8 Å². The van der Waals surface area contributed by atoms with Crippen LogP contribution in [-0.2, 0) is 19.1 Å². The first-order chi connectivity index (χ1) is 9.14. The molecule has 7 heteroatoms. The molecule has 0 aliphatic carbocycles. The number of nitrogens with one attached hydrogen (secondary N) is 2. The molecule has 1 rings (SSSR count). The highest BCUT2D eigenvalue weighted by Crippen LogP contribution is 2.29. The summed E-state index contributed by atoms with van der Waals surface area (Å²) >= 11 is 0. The van der Waals surface area contributed by atoms with Gasteiger partial charge < -0.3 is 20.1 Å². The molecular weight excluding hydrogens is 284 g/mol. The van der Waals surface area contributed by atoms with Crippen molar-refractivity contribution in [2.75, 3.05) is 40.0 Å². The lowest BCUT2D eigenvalue weighted by atomic mass is 9.78. The molecule has 0 aromatic heterocycles. The van der Waals surface area contributed by atoms with Gasteiger partial charge in [0.15, 0.2) is 0 Å². The zero-order valence-electron chi connectivity index (χ0n) is 12.2. The zero-order valence-corrected chi connectivity index (χ0v) is 13.0. The van der Waals surface area contributed by atoms with Gasteiger partial charge in [0.2, 0.25) is 5.91 Å². The van der Waals surface area contributed by atoms with Crippen LogP contribution < -0.4 is 10.6 Å². The number of hydrogen-bond donors (Lipinski definition) is 2. The van der Waals surface area contributed by atoms with E-state index in [1.807, 2.05) is 0 Å². The maximum absolute atomic E-state index is 12.3. The minimum absolute atomic E-state index is 0. The van der Waals surface area contributed by atoms with Gasteiger partial charge in [-0.1, -0.05) is 0 Å². The summed E-state index contributed by atoms with van der Waals surface area (Å²) in [5.74, 6) is -0.311. The summed E-state index contributed by atoms with van der Waals surface area (Å²) in [5.41, 5.74) is -0.464. The van der Waals surface area contributed by atoms with E-state index >= 15 is 0 Å². The third kappa shape index (κ3) is 5.64. The smallest absolute Gasteiger partial charge is 0.307 e. The number of carbonyl (C=O) groups is 2. The SMILES string of the molecule is CCOC(=O)CCNC(=O)C1(COC)CCNCC1.Cl. The summed E-state index contributed by atoms with van der Waals surface area (Å²) in [6.07, 6.45) is 1.72.